The van der Waals surface area contributed by atoms with Crippen molar-refractivity contribution in [3.8, 4) is 5.75 Å². The predicted octanol–water partition coefficient (Wildman–Crippen LogP) is 5.88. The number of rotatable bonds is 11. The Hall–Kier alpha value is -3.86. The molecule has 4 aromatic rings. The third-order valence-electron chi connectivity index (χ3n) is 6.20. The van der Waals surface area contributed by atoms with Crippen LogP contribution >= 0.6 is 0 Å². The summed E-state index contributed by atoms with van der Waals surface area (Å²) in [6, 6.07) is 24.2. The van der Waals surface area contributed by atoms with Gasteiger partial charge in [-0.2, -0.15) is 0 Å². The summed E-state index contributed by atoms with van der Waals surface area (Å²) < 4.78 is 8.30. The lowest BCUT2D eigenvalue weighted by atomic mass is 10.1. The van der Waals surface area contributed by atoms with Crippen molar-refractivity contribution >= 4 is 23.0 Å². The van der Waals surface area contributed by atoms with Gasteiger partial charge in [-0.05, 0) is 67.7 Å². The molecule has 4 rings (SSSR count). The van der Waals surface area contributed by atoms with Gasteiger partial charge in [-0.3, -0.25) is 4.79 Å². The zero-order valence-electron chi connectivity index (χ0n) is 20.5. The summed E-state index contributed by atoms with van der Waals surface area (Å²) in [5.41, 5.74) is 5.58. The molecular weight excluding hydrogens is 434 g/mol. The second kappa shape index (κ2) is 12.0. The maximum absolute atomic E-state index is 12.2. The Kier molecular flexibility index (Phi) is 8.34. The number of aryl methyl sites for hydroxylation is 2. The fraction of sp³-hybridized carbons (Fsp3) is 0.267. The van der Waals surface area contributed by atoms with E-state index in [0.29, 0.717) is 19.6 Å². The van der Waals surface area contributed by atoms with Crippen LogP contribution in [0.1, 0.15) is 35.4 Å². The molecular formula is C30H33N3O2. The summed E-state index contributed by atoms with van der Waals surface area (Å²) in [7, 11) is 0. The molecule has 0 fully saturated rings. The number of amides is 1. The van der Waals surface area contributed by atoms with E-state index in [1.54, 1.807) is 6.08 Å². The van der Waals surface area contributed by atoms with Crippen molar-refractivity contribution in [1.82, 2.24) is 14.9 Å². The number of aromatic nitrogens is 2. The summed E-state index contributed by atoms with van der Waals surface area (Å²) in [5.74, 6) is 1.87. The lowest BCUT2D eigenvalue weighted by Gasteiger charge is -2.12. The molecule has 0 aliphatic heterocycles. The van der Waals surface area contributed by atoms with Crippen LogP contribution in [0, 0.1) is 13.8 Å². The molecule has 1 amide bonds. The first-order valence-corrected chi connectivity index (χ1v) is 12.3. The van der Waals surface area contributed by atoms with E-state index >= 15 is 0 Å². The molecule has 1 N–H and O–H groups in total. The largest absolute Gasteiger partial charge is 0.493 e. The SMILES string of the molecule is Cc1cccc(OCCCCn2c(CCNC(=O)/C=C/c3ccccc3)nc3ccccc32)c1C. The van der Waals surface area contributed by atoms with Crippen molar-refractivity contribution in [3.63, 3.8) is 0 Å². The van der Waals surface area contributed by atoms with Gasteiger partial charge in [0.25, 0.3) is 0 Å². The third-order valence-corrected chi connectivity index (χ3v) is 6.20. The average molecular weight is 468 g/mol. The van der Waals surface area contributed by atoms with Crippen LogP contribution in [0.4, 0.5) is 0 Å². The normalized spacial score (nSPS) is 11.3. The van der Waals surface area contributed by atoms with Gasteiger partial charge in [0, 0.05) is 25.6 Å². The van der Waals surface area contributed by atoms with E-state index in [4.69, 9.17) is 9.72 Å². The lowest BCUT2D eigenvalue weighted by molar-refractivity contribution is -0.116. The molecule has 3 aromatic carbocycles. The van der Waals surface area contributed by atoms with Crippen molar-refractivity contribution < 1.29 is 9.53 Å². The second-order valence-corrected chi connectivity index (χ2v) is 8.71. The zero-order valence-corrected chi connectivity index (χ0v) is 20.5. The number of para-hydroxylation sites is 2. The Labute approximate surface area is 207 Å². The molecule has 180 valence electrons. The van der Waals surface area contributed by atoms with E-state index in [9.17, 15) is 4.79 Å². The predicted molar refractivity (Wildman–Crippen MR) is 143 cm³/mol. The van der Waals surface area contributed by atoms with Gasteiger partial charge >= 0.3 is 0 Å². The van der Waals surface area contributed by atoms with Crippen LogP contribution in [-0.4, -0.2) is 28.6 Å². The zero-order chi connectivity index (χ0) is 24.5. The van der Waals surface area contributed by atoms with Crippen LogP contribution in [0.3, 0.4) is 0 Å². The molecule has 0 aliphatic rings. The molecule has 5 nitrogen and oxygen atoms in total. The fourth-order valence-electron chi connectivity index (χ4n) is 4.09. The number of unbranched alkanes of at least 4 members (excludes halogenated alkanes) is 1. The first-order chi connectivity index (χ1) is 17.1. The number of hydrogen-bond donors (Lipinski definition) is 1. The molecule has 0 spiro atoms. The van der Waals surface area contributed by atoms with E-state index in [0.717, 1.165) is 47.6 Å². The molecule has 1 aromatic heterocycles. The molecule has 0 aliphatic carbocycles. The monoisotopic (exact) mass is 467 g/mol. The van der Waals surface area contributed by atoms with E-state index in [1.807, 2.05) is 66.7 Å². The van der Waals surface area contributed by atoms with Gasteiger partial charge in [-0.25, -0.2) is 4.98 Å². The van der Waals surface area contributed by atoms with E-state index in [-0.39, 0.29) is 5.91 Å². The van der Waals surface area contributed by atoms with Gasteiger partial charge in [0.2, 0.25) is 5.91 Å². The molecule has 1 heterocycles. The van der Waals surface area contributed by atoms with Crippen LogP contribution in [0.2, 0.25) is 0 Å². The number of benzene rings is 3. The molecule has 0 saturated heterocycles. The van der Waals surface area contributed by atoms with Crippen molar-refractivity contribution in [2.24, 2.45) is 0 Å². The minimum atomic E-state index is -0.0971. The van der Waals surface area contributed by atoms with Gasteiger partial charge in [0.1, 0.15) is 11.6 Å². The van der Waals surface area contributed by atoms with Gasteiger partial charge < -0.3 is 14.6 Å². The van der Waals surface area contributed by atoms with Crippen molar-refractivity contribution in [1.29, 1.82) is 0 Å². The molecule has 0 bridgehead atoms. The van der Waals surface area contributed by atoms with Gasteiger partial charge in [-0.1, -0.05) is 54.6 Å². The van der Waals surface area contributed by atoms with E-state index in [1.165, 1.54) is 11.1 Å². The molecule has 0 atom stereocenters. The maximum atomic E-state index is 12.2. The van der Waals surface area contributed by atoms with Crippen molar-refractivity contribution in [2.75, 3.05) is 13.2 Å². The quantitative estimate of drug-likeness (QED) is 0.221. The Morgan fingerprint density at radius 2 is 1.77 bits per heavy atom. The van der Waals surface area contributed by atoms with Crippen molar-refractivity contribution in [2.45, 2.75) is 39.7 Å². The Morgan fingerprint density at radius 1 is 0.971 bits per heavy atom. The van der Waals surface area contributed by atoms with Gasteiger partial charge in [0.05, 0.1) is 17.6 Å². The van der Waals surface area contributed by atoms with Crippen LogP contribution in [-0.2, 0) is 17.8 Å². The number of hydrogen-bond acceptors (Lipinski definition) is 3. The minimum absolute atomic E-state index is 0.0971. The summed E-state index contributed by atoms with van der Waals surface area (Å²) in [4.78, 5) is 17.1. The molecule has 0 saturated carbocycles. The first-order valence-electron chi connectivity index (χ1n) is 12.3. The van der Waals surface area contributed by atoms with Crippen molar-refractivity contribution in [3.05, 3.63) is 101 Å². The topological polar surface area (TPSA) is 56.1 Å². The van der Waals surface area contributed by atoms with E-state index in [2.05, 4.69) is 35.9 Å². The van der Waals surface area contributed by atoms with Gasteiger partial charge in [-0.15, -0.1) is 0 Å². The highest BCUT2D eigenvalue weighted by atomic mass is 16.5. The Balaban J connectivity index is 1.30. The number of carbonyl (C=O) groups excluding carboxylic acids is 1. The van der Waals surface area contributed by atoms with Crippen LogP contribution in [0.25, 0.3) is 17.1 Å². The number of fused-ring (bicyclic) bond motifs is 1. The highest BCUT2D eigenvalue weighted by Crippen LogP contribution is 2.21. The van der Waals surface area contributed by atoms with Gasteiger partial charge in [0.15, 0.2) is 0 Å². The number of carbonyl (C=O) groups is 1. The number of ether oxygens (including phenoxy) is 1. The highest BCUT2D eigenvalue weighted by molar-refractivity contribution is 5.91. The maximum Gasteiger partial charge on any atom is 0.244 e. The summed E-state index contributed by atoms with van der Waals surface area (Å²) in [6.07, 6.45) is 6.03. The lowest BCUT2D eigenvalue weighted by Crippen LogP contribution is -2.24. The first kappa shape index (κ1) is 24.3. The van der Waals surface area contributed by atoms with Crippen LogP contribution < -0.4 is 10.1 Å². The average Bonchev–Trinajstić information content (AvgIpc) is 3.23. The van der Waals surface area contributed by atoms with Crippen LogP contribution in [0.15, 0.2) is 78.9 Å². The molecule has 35 heavy (non-hydrogen) atoms. The second-order valence-electron chi connectivity index (χ2n) is 8.71. The number of imidazole rings is 1. The van der Waals surface area contributed by atoms with Crippen LogP contribution in [0.5, 0.6) is 5.75 Å². The number of nitrogens with one attached hydrogen (secondary N) is 1. The summed E-state index contributed by atoms with van der Waals surface area (Å²) in [6.45, 7) is 6.31. The molecule has 0 radical (unpaired) electrons. The highest BCUT2D eigenvalue weighted by Gasteiger charge is 2.10. The van der Waals surface area contributed by atoms with E-state index < -0.39 is 0 Å². The standard InChI is InChI=1S/C30H33N3O2/c1-23-11-10-16-28(24(23)2)35-22-9-8-21-33-27-15-7-6-14-26(27)32-29(33)19-20-31-30(34)18-17-25-12-4-3-5-13-25/h3-7,10-18H,8-9,19-22H2,1-2H3,(H,31,34)/b18-17+. The molecule has 0 unspecified atom stereocenters. The Bertz CT molecular complexity index is 1290. The summed E-state index contributed by atoms with van der Waals surface area (Å²) >= 11 is 0. The summed E-state index contributed by atoms with van der Waals surface area (Å²) in [5, 5.41) is 2.98. The number of nitrogens with zero attached hydrogens (tertiary/aromatic N) is 2. The smallest absolute Gasteiger partial charge is 0.244 e. The minimum Gasteiger partial charge on any atom is -0.493 e. The molecule has 5 heteroatoms. The fourth-order valence-corrected chi connectivity index (χ4v) is 4.09. The third kappa shape index (κ3) is 6.60. The Morgan fingerprint density at radius 3 is 2.63 bits per heavy atom.